The zero-order chi connectivity index (χ0) is 13.7. The fourth-order valence-corrected chi connectivity index (χ4v) is 2.39. The molecule has 0 aliphatic rings. The van der Waals surface area contributed by atoms with E-state index >= 15 is 0 Å². The van der Waals surface area contributed by atoms with Gasteiger partial charge in [0.25, 0.3) is 0 Å². The van der Waals surface area contributed by atoms with Crippen LogP contribution in [0, 0.1) is 0 Å². The first-order valence-electron chi connectivity index (χ1n) is 5.73. The molecule has 1 unspecified atom stereocenters. The third-order valence-corrected chi connectivity index (χ3v) is 3.46. The van der Waals surface area contributed by atoms with Gasteiger partial charge in [-0.1, -0.05) is 28.1 Å². The van der Waals surface area contributed by atoms with E-state index in [1.165, 1.54) is 6.07 Å². The molecule has 0 fully saturated rings. The summed E-state index contributed by atoms with van der Waals surface area (Å²) in [5.41, 5.74) is 2.02. The highest BCUT2D eigenvalue weighted by Gasteiger charge is 2.11. The van der Waals surface area contributed by atoms with Gasteiger partial charge in [-0.15, -0.1) is 0 Å². The van der Waals surface area contributed by atoms with Gasteiger partial charge in [-0.05, 0) is 41.8 Å². The first-order valence-corrected chi connectivity index (χ1v) is 6.64. The molecule has 2 nitrogen and oxygen atoms in total. The van der Waals surface area contributed by atoms with E-state index in [9.17, 15) is 8.78 Å². The Labute approximate surface area is 118 Å². The van der Waals surface area contributed by atoms with Crippen LogP contribution in [0.25, 0.3) is 0 Å². The summed E-state index contributed by atoms with van der Waals surface area (Å²) in [5.74, 6) is 0.173. The first kappa shape index (κ1) is 13.9. The molecule has 0 spiro atoms. The lowest BCUT2D eigenvalue weighted by molar-refractivity contribution is -0.0498. The molecule has 0 saturated heterocycles. The predicted molar refractivity (Wildman–Crippen MR) is 72.7 cm³/mol. The summed E-state index contributed by atoms with van der Waals surface area (Å²) in [6, 6.07) is 10.6. The van der Waals surface area contributed by atoms with Gasteiger partial charge in [0.1, 0.15) is 5.75 Å². The van der Waals surface area contributed by atoms with Crippen LogP contribution in [0.5, 0.6) is 5.75 Å². The van der Waals surface area contributed by atoms with Crippen molar-refractivity contribution in [2.75, 3.05) is 0 Å². The maximum atomic E-state index is 12.2. The molecule has 1 aromatic heterocycles. The molecule has 2 rings (SSSR count). The van der Waals surface area contributed by atoms with Crippen molar-refractivity contribution in [3.05, 3.63) is 59.9 Å². The molecule has 0 aliphatic carbocycles. The number of rotatable bonds is 5. The van der Waals surface area contributed by atoms with E-state index in [0.29, 0.717) is 0 Å². The van der Waals surface area contributed by atoms with Crippen LogP contribution in [-0.4, -0.2) is 11.6 Å². The number of ether oxygens (including phenoxy) is 1. The minimum absolute atomic E-state index is 0.0381. The van der Waals surface area contributed by atoms with Gasteiger partial charge in [-0.2, -0.15) is 8.78 Å². The number of benzene rings is 1. The Kier molecular flexibility index (Phi) is 4.85. The summed E-state index contributed by atoms with van der Waals surface area (Å²) in [5, 5.41) is 0. The molecule has 0 radical (unpaired) electrons. The van der Waals surface area contributed by atoms with Crippen molar-refractivity contribution in [2.45, 2.75) is 17.9 Å². The average molecular weight is 328 g/mol. The van der Waals surface area contributed by atoms with E-state index in [0.717, 1.165) is 17.5 Å². The van der Waals surface area contributed by atoms with Gasteiger partial charge in [0.2, 0.25) is 0 Å². The van der Waals surface area contributed by atoms with Crippen LogP contribution in [0.3, 0.4) is 0 Å². The lowest BCUT2D eigenvalue weighted by Crippen LogP contribution is -2.03. The van der Waals surface area contributed by atoms with Gasteiger partial charge < -0.3 is 4.74 Å². The number of aromatic nitrogens is 1. The summed E-state index contributed by atoms with van der Waals surface area (Å²) >= 11 is 3.56. The maximum absolute atomic E-state index is 12.2. The molecule has 2 aromatic rings. The van der Waals surface area contributed by atoms with Crippen molar-refractivity contribution in [2.24, 2.45) is 0 Å². The molecule has 0 saturated carbocycles. The van der Waals surface area contributed by atoms with Crippen molar-refractivity contribution < 1.29 is 13.5 Å². The minimum atomic E-state index is -2.80. The van der Waals surface area contributed by atoms with E-state index in [1.807, 2.05) is 18.2 Å². The lowest BCUT2D eigenvalue weighted by Gasteiger charge is -2.12. The van der Waals surface area contributed by atoms with Crippen LogP contribution in [0.1, 0.15) is 16.0 Å². The molecule has 1 aromatic carbocycles. The summed E-state index contributed by atoms with van der Waals surface area (Å²) in [6.07, 6.45) is 4.21. The molecule has 1 atom stereocenters. The van der Waals surface area contributed by atoms with E-state index in [2.05, 4.69) is 25.7 Å². The Balaban J connectivity index is 2.08. The molecule has 0 aliphatic heterocycles. The molecular formula is C14H12BrF2NO. The molecule has 5 heteroatoms. The van der Waals surface area contributed by atoms with Crippen molar-refractivity contribution in [3.8, 4) is 5.75 Å². The monoisotopic (exact) mass is 327 g/mol. The zero-order valence-electron chi connectivity index (χ0n) is 9.97. The molecule has 0 N–H and O–H groups in total. The minimum Gasteiger partial charge on any atom is -0.435 e. The number of pyridine rings is 1. The second-order valence-corrected chi connectivity index (χ2v) is 5.08. The van der Waals surface area contributed by atoms with Crippen molar-refractivity contribution in [3.63, 3.8) is 0 Å². The molecule has 0 bridgehead atoms. The standard InChI is InChI=1S/C14H12BrF2NO/c15-13(8-10-4-6-18-7-5-10)11-2-1-3-12(9-11)19-14(16)17/h1-7,9,13-14H,8H2. The van der Waals surface area contributed by atoms with Crippen molar-refractivity contribution in [1.82, 2.24) is 4.98 Å². The number of halogens is 3. The number of nitrogens with zero attached hydrogens (tertiary/aromatic N) is 1. The molecule has 0 amide bonds. The van der Waals surface area contributed by atoms with Gasteiger partial charge in [0.05, 0.1) is 0 Å². The topological polar surface area (TPSA) is 22.1 Å². The van der Waals surface area contributed by atoms with Crippen LogP contribution in [0.15, 0.2) is 48.8 Å². The fraction of sp³-hybridized carbons (Fsp3) is 0.214. The van der Waals surface area contributed by atoms with E-state index < -0.39 is 6.61 Å². The summed E-state index contributed by atoms with van der Waals surface area (Å²) in [4.78, 5) is 3.99. The third-order valence-electron chi connectivity index (χ3n) is 2.61. The quantitative estimate of drug-likeness (QED) is 0.761. The van der Waals surface area contributed by atoms with Crippen molar-refractivity contribution in [1.29, 1.82) is 0 Å². The largest absolute Gasteiger partial charge is 0.435 e. The highest BCUT2D eigenvalue weighted by molar-refractivity contribution is 9.09. The normalized spacial score (nSPS) is 12.4. The molecule has 1 heterocycles. The SMILES string of the molecule is FC(F)Oc1cccc(C(Br)Cc2ccncc2)c1. The Morgan fingerprint density at radius 2 is 1.89 bits per heavy atom. The Hall–Kier alpha value is -1.49. The van der Waals surface area contributed by atoms with E-state index in [1.54, 1.807) is 24.5 Å². The first-order chi connectivity index (χ1) is 9.15. The van der Waals surface area contributed by atoms with Crippen LogP contribution in [-0.2, 0) is 6.42 Å². The van der Waals surface area contributed by atoms with Gasteiger partial charge in [-0.25, -0.2) is 0 Å². The summed E-state index contributed by atoms with van der Waals surface area (Å²) in [6.45, 7) is -2.80. The van der Waals surface area contributed by atoms with Crippen LogP contribution < -0.4 is 4.74 Å². The highest BCUT2D eigenvalue weighted by Crippen LogP contribution is 2.29. The van der Waals surface area contributed by atoms with Gasteiger partial charge >= 0.3 is 6.61 Å². The Morgan fingerprint density at radius 1 is 1.16 bits per heavy atom. The highest BCUT2D eigenvalue weighted by atomic mass is 79.9. The Bertz CT molecular complexity index is 522. The predicted octanol–water partition coefficient (Wildman–Crippen LogP) is 4.36. The smallest absolute Gasteiger partial charge is 0.387 e. The Morgan fingerprint density at radius 3 is 2.58 bits per heavy atom. The van der Waals surface area contributed by atoms with Crippen LogP contribution in [0.2, 0.25) is 0 Å². The second-order valence-electron chi connectivity index (χ2n) is 3.98. The molecule has 19 heavy (non-hydrogen) atoms. The molecule has 100 valence electrons. The molecular weight excluding hydrogens is 316 g/mol. The average Bonchev–Trinajstić information content (AvgIpc) is 2.39. The lowest BCUT2D eigenvalue weighted by atomic mass is 10.1. The number of hydrogen-bond acceptors (Lipinski definition) is 2. The van der Waals surface area contributed by atoms with Crippen molar-refractivity contribution >= 4 is 15.9 Å². The van der Waals surface area contributed by atoms with Gasteiger partial charge in [-0.3, -0.25) is 4.98 Å². The van der Waals surface area contributed by atoms with Crippen LogP contribution >= 0.6 is 15.9 Å². The summed E-state index contributed by atoms with van der Waals surface area (Å²) in [7, 11) is 0. The maximum Gasteiger partial charge on any atom is 0.387 e. The second kappa shape index (κ2) is 6.61. The third kappa shape index (κ3) is 4.28. The zero-order valence-corrected chi connectivity index (χ0v) is 11.6. The van der Waals surface area contributed by atoms with E-state index in [4.69, 9.17) is 0 Å². The van der Waals surface area contributed by atoms with Gasteiger partial charge in [0, 0.05) is 17.2 Å². The fourth-order valence-electron chi connectivity index (χ4n) is 1.73. The number of alkyl halides is 3. The summed E-state index contributed by atoms with van der Waals surface area (Å²) < 4.78 is 28.7. The van der Waals surface area contributed by atoms with E-state index in [-0.39, 0.29) is 10.6 Å². The van der Waals surface area contributed by atoms with Gasteiger partial charge in [0.15, 0.2) is 0 Å². The van der Waals surface area contributed by atoms with Crippen LogP contribution in [0.4, 0.5) is 8.78 Å². The number of hydrogen-bond donors (Lipinski definition) is 0.